The molecular formula is C23H25N3O4S. The fraction of sp³-hybridized carbons (Fsp3) is 0.304. The van der Waals surface area contributed by atoms with E-state index < -0.39 is 9.84 Å². The molecule has 7 nitrogen and oxygen atoms in total. The van der Waals surface area contributed by atoms with E-state index in [9.17, 15) is 13.2 Å². The average Bonchev–Trinajstić information content (AvgIpc) is 3.19. The van der Waals surface area contributed by atoms with Crippen molar-refractivity contribution < 1.29 is 17.9 Å². The summed E-state index contributed by atoms with van der Waals surface area (Å²) in [6.45, 7) is 5.99. The van der Waals surface area contributed by atoms with E-state index in [0.717, 1.165) is 11.3 Å². The Morgan fingerprint density at radius 2 is 1.90 bits per heavy atom. The number of hydrogen-bond acceptors (Lipinski definition) is 5. The monoisotopic (exact) mass is 439 g/mol. The maximum absolute atomic E-state index is 12.6. The molecule has 0 aliphatic carbocycles. The van der Waals surface area contributed by atoms with E-state index in [1.165, 1.54) is 5.56 Å². The molecule has 0 saturated heterocycles. The van der Waals surface area contributed by atoms with Crippen molar-refractivity contribution in [3.05, 3.63) is 70.9 Å². The minimum absolute atomic E-state index is 0.122. The second kappa shape index (κ2) is 8.19. The Labute approximate surface area is 182 Å². The molecule has 8 heteroatoms. The first-order valence-corrected chi connectivity index (χ1v) is 11.9. The Bertz CT molecular complexity index is 1230. The van der Waals surface area contributed by atoms with E-state index in [4.69, 9.17) is 4.74 Å². The maximum Gasteiger partial charge on any atom is 0.263 e. The first-order valence-electron chi connectivity index (χ1n) is 10.1. The van der Waals surface area contributed by atoms with Crippen LogP contribution in [-0.4, -0.2) is 30.7 Å². The van der Waals surface area contributed by atoms with Crippen LogP contribution in [-0.2, 0) is 26.1 Å². The molecular weight excluding hydrogens is 414 g/mol. The molecule has 0 atom stereocenters. The molecule has 3 aromatic rings. The molecule has 0 fully saturated rings. The number of sulfone groups is 1. The second-order valence-electron chi connectivity index (χ2n) is 8.12. The van der Waals surface area contributed by atoms with Crippen LogP contribution >= 0.6 is 0 Å². The average molecular weight is 440 g/mol. The molecule has 2 heterocycles. The van der Waals surface area contributed by atoms with Gasteiger partial charge in [0.25, 0.3) is 5.91 Å². The van der Waals surface area contributed by atoms with Crippen LogP contribution in [0.2, 0.25) is 0 Å². The summed E-state index contributed by atoms with van der Waals surface area (Å²) in [5.41, 5.74) is 3.99. The van der Waals surface area contributed by atoms with E-state index in [2.05, 4.69) is 24.3 Å². The largest absolute Gasteiger partial charge is 0.484 e. The number of nitrogens with zero attached hydrogens (tertiary/aromatic N) is 2. The Hall–Kier alpha value is -3.13. The quantitative estimate of drug-likeness (QED) is 0.632. The molecule has 0 unspecified atom stereocenters. The lowest BCUT2D eigenvalue weighted by atomic mass is 10.0. The number of aromatic nitrogens is 2. The lowest BCUT2D eigenvalue weighted by Gasteiger charge is -2.12. The molecule has 162 valence electrons. The van der Waals surface area contributed by atoms with Crippen LogP contribution in [0.1, 0.15) is 42.1 Å². The van der Waals surface area contributed by atoms with Crippen molar-refractivity contribution in [2.75, 3.05) is 11.9 Å². The van der Waals surface area contributed by atoms with Crippen molar-refractivity contribution in [2.45, 2.75) is 38.2 Å². The highest BCUT2D eigenvalue weighted by atomic mass is 32.2. The highest BCUT2D eigenvalue weighted by molar-refractivity contribution is 7.90. The first-order chi connectivity index (χ1) is 14.7. The third-order valence-corrected chi connectivity index (χ3v) is 6.65. The van der Waals surface area contributed by atoms with E-state index in [1.807, 2.05) is 55.5 Å². The van der Waals surface area contributed by atoms with Gasteiger partial charge in [0.15, 0.2) is 16.4 Å². The number of rotatable bonds is 6. The predicted octanol–water partition coefficient (Wildman–Crippen LogP) is 3.75. The molecule has 0 saturated carbocycles. The van der Waals surface area contributed by atoms with Crippen LogP contribution in [0.5, 0.6) is 5.75 Å². The Morgan fingerprint density at radius 1 is 1.16 bits per heavy atom. The van der Waals surface area contributed by atoms with Gasteiger partial charge in [0.05, 0.1) is 22.9 Å². The summed E-state index contributed by atoms with van der Waals surface area (Å²) < 4.78 is 31.4. The summed E-state index contributed by atoms with van der Waals surface area (Å²) in [7, 11) is -3.25. The zero-order valence-corrected chi connectivity index (χ0v) is 18.6. The Kier molecular flexibility index (Phi) is 5.58. The summed E-state index contributed by atoms with van der Waals surface area (Å²) in [5.74, 6) is 0.751. The van der Waals surface area contributed by atoms with Crippen LogP contribution < -0.4 is 10.1 Å². The molecule has 4 rings (SSSR count). The third kappa shape index (κ3) is 4.64. The van der Waals surface area contributed by atoms with Crippen molar-refractivity contribution in [1.29, 1.82) is 0 Å². The van der Waals surface area contributed by atoms with Crippen molar-refractivity contribution in [3.63, 3.8) is 0 Å². The van der Waals surface area contributed by atoms with Crippen LogP contribution in [0.4, 0.5) is 5.82 Å². The number of anilines is 1. The van der Waals surface area contributed by atoms with Gasteiger partial charge >= 0.3 is 0 Å². The SMILES string of the molecule is Cc1cccc(-n2nc3c(c2NC(=O)COc2ccc(C(C)C)cc2)CS(=O)(=O)C3)c1. The smallest absolute Gasteiger partial charge is 0.263 e. The summed E-state index contributed by atoms with van der Waals surface area (Å²) in [5, 5.41) is 7.30. The normalized spacial score (nSPS) is 14.5. The van der Waals surface area contributed by atoms with Crippen LogP contribution in [0.25, 0.3) is 5.69 Å². The van der Waals surface area contributed by atoms with Gasteiger partial charge in [-0.2, -0.15) is 5.10 Å². The fourth-order valence-electron chi connectivity index (χ4n) is 3.58. The highest BCUT2D eigenvalue weighted by Gasteiger charge is 2.33. The molecule has 31 heavy (non-hydrogen) atoms. The third-order valence-electron chi connectivity index (χ3n) is 5.21. The number of carbonyl (C=O) groups is 1. The zero-order valence-electron chi connectivity index (χ0n) is 17.8. The van der Waals surface area contributed by atoms with Crippen molar-refractivity contribution >= 4 is 21.6 Å². The molecule has 1 amide bonds. The van der Waals surface area contributed by atoms with E-state index in [-0.39, 0.29) is 24.0 Å². The van der Waals surface area contributed by atoms with Gasteiger partial charge in [-0.15, -0.1) is 0 Å². The fourth-order valence-corrected chi connectivity index (χ4v) is 5.08. The first kappa shape index (κ1) is 21.1. The molecule has 1 aliphatic heterocycles. The topological polar surface area (TPSA) is 90.3 Å². The number of aryl methyl sites for hydroxylation is 1. The van der Waals surface area contributed by atoms with Gasteiger partial charge in [-0.1, -0.05) is 38.1 Å². The number of amides is 1. The van der Waals surface area contributed by atoms with Gasteiger partial charge in [0.1, 0.15) is 11.6 Å². The van der Waals surface area contributed by atoms with Crippen molar-refractivity contribution in [2.24, 2.45) is 0 Å². The van der Waals surface area contributed by atoms with Gasteiger partial charge in [-0.25, -0.2) is 13.1 Å². The molecule has 1 aromatic heterocycles. The number of fused-ring (bicyclic) bond motifs is 1. The van der Waals surface area contributed by atoms with Gasteiger partial charge < -0.3 is 10.1 Å². The molecule has 2 aromatic carbocycles. The highest BCUT2D eigenvalue weighted by Crippen LogP contribution is 2.33. The minimum atomic E-state index is -3.25. The number of hydrogen-bond donors (Lipinski definition) is 1. The minimum Gasteiger partial charge on any atom is -0.484 e. The molecule has 0 spiro atoms. The summed E-state index contributed by atoms with van der Waals surface area (Å²) in [6.07, 6.45) is 0. The van der Waals surface area contributed by atoms with Crippen LogP contribution in [0, 0.1) is 6.92 Å². The number of benzene rings is 2. The number of carbonyl (C=O) groups excluding carboxylic acids is 1. The van der Waals surface area contributed by atoms with Crippen LogP contribution in [0.15, 0.2) is 48.5 Å². The maximum atomic E-state index is 12.6. The van der Waals surface area contributed by atoms with E-state index in [0.29, 0.717) is 28.7 Å². The summed E-state index contributed by atoms with van der Waals surface area (Å²) in [6, 6.07) is 15.3. The summed E-state index contributed by atoms with van der Waals surface area (Å²) in [4.78, 5) is 12.6. The van der Waals surface area contributed by atoms with E-state index >= 15 is 0 Å². The molecule has 1 N–H and O–H groups in total. The Morgan fingerprint density at radius 3 is 2.58 bits per heavy atom. The molecule has 0 radical (unpaired) electrons. The lowest BCUT2D eigenvalue weighted by molar-refractivity contribution is -0.118. The summed E-state index contributed by atoms with van der Waals surface area (Å²) >= 11 is 0. The van der Waals surface area contributed by atoms with Gasteiger partial charge in [-0.05, 0) is 48.2 Å². The Balaban J connectivity index is 1.55. The van der Waals surface area contributed by atoms with Crippen molar-refractivity contribution in [3.8, 4) is 11.4 Å². The van der Waals surface area contributed by atoms with Gasteiger partial charge in [0, 0.05) is 5.56 Å². The second-order valence-corrected chi connectivity index (χ2v) is 10.2. The molecule has 0 bridgehead atoms. The zero-order chi connectivity index (χ0) is 22.2. The lowest BCUT2D eigenvalue weighted by Crippen LogP contribution is -2.23. The van der Waals surface area contributed by atoms with Crippen LogP contribution in [0.3, 0.4) is 0 Å². The standard InChI is InChI=1S/C23H25N3O4S/c1-15(2)17-7-9-19(10-8-17)30-12-22(27)24-23-20-13-31(28,29)14-21(20)25-26(23)18-6-4-5-16(3)11-18/h4-11,15H,12-14H2,1-3H3,(H,24,27). The number of nitrogens with one attached hydrogen (secondary N) is 1. The molecule has 1 aliphatic rings. The van der Waals surface area contributed by atoms with Gasteiger partial charge in [0.2, 0.25) is 0 Å². The van der Waals surface area contributed by atoms with Gasteiger partial charge in [-0.3, -0.25) is 4.79 Å². The predicted molar refractivity (Wildman–Crippen MR) is 119 cm³/mol. The number of ether oxygens (including phenoxy) is 1. The van der Waals surface area contributed by atoms with E-state index in [1.54, 1.807) is 4.68 Å². The van der Waals surface area contributed by atoms with Crippen molar-refractivity contribution in [1.82, 2.24) is 9.78 Å².